The zero-order valence-electron chi connectivity index (χ0n) is 6.13. The molecule has 0 radical (unpaired) electrons. The fraction of sp³-hybridized carbons (Fsp3) is 0.714. The third-order valence-corrected chi connectivity index (χ3v) is 1.35. The van der Waals surface area contributed by atoms with Crippen molar-refractivity contribution >= 4 is 0 Å². The van der Waals surface area contributed by atoms with Crippen LogP contribution < -0.4 is 0 Å². The first-order valence-electron chi connectivity index (χ1n) is 3.05. The molecule has 0 saturated heterocycles. The maximum absolute atomic E-state index is 9.25. The van der Waals surface area contributed by atoms with Crippen molar-refractivity contribution in [2.45, 2.75) is 32.5 Å². The monoisotopic (exact) mass is 130 g/mol. The Kier molecular flexibility index (Phi) is 2.88. The van der Waals surface area contributed by atoms with Crippen LogP contribution in [0, 0.1) is 0 Å². The first-order valence-corrected chi connectivity index (χ1v) is 3.05. The molecule has 0 saturated carbocycles. The molecule has 0 aliphatic carbocycles. The van der Waals surface area contributed by atoms with Crippen molar-refractivity contribution in [1.82, 2.24) is 0 Å². The highest BCUT2D eigenvalue weighted by atomic mass is 16.3. The molecule has 0 amide bonds. The van der Waals surface area contributed by atoms with Crippen LogP contribution in [-0.2, 0) is 0 Å². The lowest BCUT2D eigenvalue weighted by molar-refractivity contribution is -0.0153. The summed E-state index contributed by atoms with van der Waals surface area (Å²) in [5, 5.41) is 18.2. The van der Waals surface area contributed by atoms with E-state index in [4.69, 9.17) is 5.11 Å². The third kappa shape index (κ3) is 2.63. The van der Waals surface area contributed by atoms with Crippen LogP contribution in [0.5, 0.6) is 0 Å². The van der Waals surface area contributed by atoms with Crippen LogP contribution in [0.2, 0.25) is 0 Å². The van der Waals surface area contributed by atoms with E-state index in [1.54, 1.807) is 32.9 Å². The fourth-order valence-electron chi connectivity index (χ4n) is 0.477. The summed E-state index contributed by atoms with van der Waals surface area (Å²) >= 11 is 0. The lowest BCUT2D eigenvalue weighted by atomic mass is 10.0. The molecule has 2 unspecified atom stereocenters. The van der Waals surface area contributed by atoms with E-state index >= 15 is 0 Å². The lowest BCUT2D eigenvalue weighted by Gasteiger charge is -2.21. The molecule has 2 nitrogen and oxygen atoms in total. The summed E-state index contributed by atoms with van der Waals surface area (Å²) < 4.78 is 0. The Bertz CT molecular complexity index is 103. The summed E-state index contributed by atoms with van der Waals surface area (Å²) in [5.74, 6) is 0. The average Bonchev–Trinajstić information content (AvgIpc) is 1.65. The average molecular weight is 130 g/mol. The van der Waals surface area contributed by atoms with Crippen molar-refractivity contribution in [1.29, 1.82) is 0 Å². The van der Waals surface area contributed by atoms with Gasteiger partial charge in [0.05, 0.1) is 6.10 Å². The van der Waals surface area contributed by atoms with Crippen LogP contribution in [0.3, 0.4) is 0 Å². The summed E-state index contributed by atoms with van der Waals surface area (Å²) in [6, 6.07) is 0. The van der Waals surface area contributed by atoms with Crippen molar-refractivity contribution in [2.75, 3.05) is 0 Å². The second kappa shape index (κ2) is 2.99. The normalized spacial score (nSPS) is 21.9. The van der Waals surface area contributed by atoms with Crippen LogP contribution in [0.4, 0.5) is 0 Å². The van der Waals surface area contributed by atoms with Gasteiger partial charge in [-0.3, -0.25) is 0 Å². The molecule has 0 heterocycles. The summed E-state index contributed by atoms with van der Waals surface area (Å²) in [7, 11) is 0. The number of hydrogen-bond acceptors (Lipinski definition) is 2. The van der Waals surface area contributed by atoms with E-state index in [1.807, 2.05) is 0 Å². The largest absolute Gasteiger partial charge is 0.390 e. The van der Waals surface area contributed by atoms with E-state index in [2.05, 4.69) is 0 Å². The second-order valence-electron chi connectivity index (χ2n) is 2.40. The van der Waals surface area contributed by atoms with Gasteiger partial charge in [0, 0.05) is 0 Å². The van der Waals surface area contributed by atoms with Crippen LogP contribution in [0.15, 0.2) is 12.2 Å². The van der Waals surface area contributed by atoms with Gasteiger partial charge in [0.1, 0.15) is 5.60 Å². The molecule has 0 fully saturated rings. The molecule has 54 valence electrons. The molecular weight excluding hydrogens is 116 g/mol. The predicted molar refractivity (Wildman–Crippen MR) is 37.1 cm³/mol. The van der Waals surface area contributed by atoms with Crippen LogP contribution in [0.25, 0.3) is 0 Å². The van der Waals surface area contributed by atoms with Gasteiger partial charge in [-0.25, -0.2) is 0 Å². The smallest absolute Gasteiger partial charge is 0.105 e. The maximum Gasteiger partial charge on any atom is 0.105 e. The number of aliphatic hydroxyl groups excluding tert-OH is 1. The van der Waals surface area contributed by atoms with Crippen molar-refractivity contribution in [3.8, 4) is 0 Å². The van der Waals surface area contributed by atoms with Gasteiger partial charge in [-0.2, -0.15) is 0 Å². The third-order valence-electron chi connectivity index (χ3n) is 1.35. The fourth-order valence-corrected chi connectivity index (χ4v) is 0.477. The molecule has 0 aromatic carbocycles. The van der Waals surface area contributed by atoms with Gasteiger partial charge >= 0.3 is 0 Å². The highest BCUT2D eigenvalue weighted by molar-refractivity contribution is 4.99. The Morgan fingerprint density at radius 2 is 2.00 bits per heavy atom. The minimum absolute atomic E-state index is 0.714. The predicted octanol–water partition coefficient (Wildman–Crippen LogP) is 0.694. The van der Waals surface area contributed by atoms with E-state index in [0.29, 0.717) is 0 Å². The molecular formula is C7H14O2. The minimum atomic E-state index is -1.07. The van der Waals surface area contributed by atoms with Gasteiger partial charge in [0.25, 0.3) is 0 Å². The Morgan fingerprint density at radius 1 is 1.56 bits per heavy atom. The molecule has 0 bridgehead atoms. The lowest BCUT2D eigenvalue weighted by Crippen LogP contribution is -2.34. The van der Waals surface area contributed by atoms with E-state index in [1.165, 1.54) is 0 Å². The topological polar surface area (TPSA) is 40.5 Å². The summed E-state index contributed by atoms with van der Waals surface area (Å²) in [4.78, 5) is 0. The first-order chi connectivity index (χ1) is 4.00. The Labute approximate surface area is 55.8 Å². The Hall–Kier alpha value is -0.340. The van der Waals surface area contributed by atoms with Gasteiger partial charge in [-0.1, -0.05) is 12.2 Å². The van der Waals surface area contributed by atoms with E-state index in [9.17, 15) is 5.11 Å². The van der Waals surface area contributed by atoms with Gasteiger partial charge < -0.3 is 10.2 Å². The summed E-state index contributed by atoms with van der Waals surface area (Å²) in [6.07, 6.45) is 2.57. The molecule has 0 rings (SSSR count). The van der Waals surface area contributed by atoms with Crippen molar-refractivity contribution in [2.24, 2.45) is 0 Å². The minimum Gasteiger partial charge on any atom is -0.390 e. The SMILES string of the molecule is C/C=C/C(C)(O)C(C)O. The van der Waals surface area contributed by atoms with Crippen molar-refractivity contribution < 1.29 is 10.2 Å². The Morgan fingerprint density at radius 3 is 2.11 bits per heavy atom. The molecule has 9 heavy (non-hydrogen) atoms. The van der Waals surface area contributed by atoms with Crippen LogP contribution >= 0.6 is 0 Å². The Balaban J connectivity index is 4.01. The number of aliphatic hydroxyl groups is 2. The number of rotatable bonds is 2. The van der Waals surface area contributed by atoms with Gasteiger partial charge in [0.15, 0.2) is 0 Å². The standard InChI is InChI=1S/C7H14O2/c1-4-5-7(3,9)6(2)8/h4-6,8-9H,1-3H3/b5-4+. The maximum atomic E-state index is 9.25. The van der Waals surface area contributed by atoms with Crippen molar-refractivity contribution in [3.05, 3.63) is 12.2 Å². The number of allylic oxidation sites excluding steroid dienone is 1. The molecule has 2 heteroatoms. The highest BCUT2D eigenvalue weighted by Crippen LogP contribution is 2.10. The van der Waals surface area contributed by atoms with E-state index < -0.39 is 11.7 Å². The van der Waals surface area contributed by atoms with Gasteiger partial charge in [0.2, 0.25) is 0 Å². The van der Waals surface area contributed by atoms with E-state index in [0.717, 1.165) is 0 Å². The molecule has 0 spiro atoms. The zero-order chi connectivity index (χ0) is 7.49. The zero-order valence-corrected chi connectivity index (χ0v) is 6.13. The first kappa shape index (κ1) is 8.66. The molecule has 0 aromatic rings. The van der Waals surface area contributed by atoms with Crippen LogP contribution in [-0.4, -0.2) is 21.9 Å². The quantitative estimate of drug-likeness (QED) is 0.540. The molecule has 0 aliphatic rings. The van der Waals surface area contributed by atoms with E-state index in [-0.39, 0.29) is 0 Å². The molecule has 2 atom stereocenters. The van der Waals surface area contributed by atoms with Gasteiger partial charge in [-0.05, 0) is 20.8 Å². The highest BCUT2D eigenvalue weighted by Gasteiger charge is 2.21. The summed E-state index contributed by atoms with van der Waals surface area (Å²) in [6.45, 7) is 4.93. The summed E-state index contributed by atoms with van der Waals surface area (Å²) in [5.41, 5.74) is -1.07. The van der Waals surface area contributed by atoms with Crippen molar-refractivity contribution in [3.63, 3.8) is 0 Å². The second-order valence-corrected chi connectivity index (χ2v) is 2.40. The molecule has 0 aromatic heterocycles. The molecule has 2 N–H and O–H groups in total. The number of hydrogen-bond donors (Lipinski definition) is 2. The van der Waals surface area contributed by atoms with Crippen LogP contribution in [0.1, 0.15) is 20.8 Å². The van der Waals surface area contributed by atoms with Gasteiger partial charge in [-0.15, -0.1) is 0 Å². The molecule has 0 aliphatic heterocycles.